The fraction of sp³-hybridized carbons (Fsp3) is 0.400. The minimum absolute atomic E-state index is 0.0918. The number of nitrogens with two attached hydrogens (primary N) is 1. The smallest absolute Gasteiger partial charge is 0.0889 e. The molecule has 5 heteroatoms. The van der Waals surface area contributed by atoms with Crippen LogP contribution in [0.4, 0.5) is 0 Å². The highest BCUT2D eigenvalue weighted by atomic mass is 79.9. The van der Waals surface area contributed by atoms with Gasteiger partial charge in [0.2, 0.25) is 0 Å². The zero-order valence-electron chi connectivity index (χ0n) is 12.3. The first-order chi connectivity index (χ1) is 9.34. The van der Waals surface area contributed by atoms with Crippen LogP contribution in [0, 0.1) is 0 Å². The maximum Gasteiger partial charge on any atom is 0.0889 e. The standard InChI is InChI=1S/C15H21BrN4/c1-15(2,3)11-7-5-10(6-8-11)13(19-17)14-12(16)9-18-20(14)4/h5-9,13,19H,17H2,1-4H3. The Labute approximate surface area is 128 Å². The van der Waals surface area contributed by atoms with Crippen LogP contribution >= 0.6 is 15.9 Å². The summed E-state index contributed by atoms with van der Waals surface area (Å²) in [6.07, 6.45) is 1.78. The van der Waals surface area contributed by atoms with E-state index < -0.39 is 0 Å². The van der Waals surface area contributed by atoms with Gasteiger partial charge in [-0.25, -0.2) is 5.43 Å². The molecule has 0 aliphatic rings. The van der Waals surface area contributed by atoms with Gasteiger partial charge >= 0.3 is 0 Å². The number of aromatic nitrogens is 2. The number of hydrogen-bond donors (Lipinski definition) is 2. The van der Waals surface area contributed by atoms with Crippen molar-refractivity contribution in [1.29, 1.82) is 0 Å². The average Bonchev–Trinajstić information content (AvgIpc) is 2.71. The van der Waals surface area contributed by atoms with E-state index in [9.17, 15) is 0 Å². The van der Waals surface area contributed by atoms with E-state index in [1.807, 2.05) is 11.7 Å². The molecule has 0 aliphatic heterocycles. The summed E-state index contributed by atoms with van der Waals surface area (Å²) in [5.41, 5.74) is 6.45. The maximum absolute atomic E-state index is 5.75. The number of benzene rings is 1. The summed E-state index contributed by atoms with van der Waals surface area (Å²) in [6, 6.07) is 8.45. The number of aryl methyl sites for hydroxylation is 1. The number of hydrogen-bond acceptors (Lipinski definition) is 3. The molecule has 2 rings (SSSR count). The highest BCUT2D eigenvalue weighted by Crippen LogP contribution is 2.29. The van der Waals surface area contributed by atoms with Gasteiger partial charge in [-0.05, 0) is 32.5 Å². The molecule has 0 aliphatic carbocycles. The van der Waals surface area contributed by atoms with Crippen LogP contribution in [0.2, 0.25) is 0 Å². The second-order valence-electron chi connectivity index (χ2n) is 5.97. The minimum Gasteiger partial charge on any atom is -0.271 e. The Balaban J connectivity index is 2.38. The van der Waals surface area contributed by atoms with Crippen LogP contribution in [-0.2, 0) is 12.5 Å². The molecule has 2 aromatic rings. The van der Waals surface area contributed by atoms with Crippen molar-refractivity contribution in [2.75, 3.05) is 0 Å². The van der Waals surface area contributed by atoms with Gasteiger partial charge in [-0.1, -0.05) is 45.0 Å². The molecular formula is C15H21BrN4. The van der Waals surface area contributed by atoms with Crippen molar-refractivity contribution in [1.82, 2.24) is 15.2 Å². The Morgan fingerprint density at radius 1 is 1.25 bits per heavy atom. The summed E-state index contributed by atoms with van der Waals surface area (Å²) in [5, 5.41) is 4.24. The molecule has 1 aromatic heterocycles. The summed E-state index contributed by atoms with van der Waals surface area (Å²) in [5.74, 6) is 5.75. The lowest BCUT2D eigenvalue weighted by Gasteiger charge is -2.22. The van der Waals surface area contributed by atoms with Crippen molar-refractivity contribution in [2.24, 2.45) is 12.9 Å². The Bertz CT molecular complexity index is 561. The topological polar surface area (TPSA) is 55.9 Å². The lowest BCUT2D eigenvalue weighted by atomic mass is 9.86. The molecule has 3 N–H and O–H groups in total. The van der Waals surface area contributed by atoms with Gasteiger partial charge in [0, 0.05) is 7.05 Å². The van der Waals surface area contributed by atoms with Crippen LogP contribution in [0.15, 0.2) is 34.9 Å². The van der Waals surface area contributed by atoms with Crippen molar-refractivity contribution in [3.8, 4) is 0 Å². The maximum atomic E-state index is 5.75. The molecule has 0 bridgehead atoms. The second-order valence-corrected chi connectivity index (χ2v) is 6.83. The fourth-order valence-electron chi connectivity index (χ4n) is 2.25. The van der Waals surface area contributed by atoms with Crippen molar-refractivity contribution in [2.45, 2.75) is 32.2 Å². The third-order valence-corrected chi connectivity index (χ3v) is 4.10. The molecule has 1 atom stereocenters. The number of hydrazine groups is 1. The van der Waals surface area contributed by atoms with Crippen molar-refractivity contribution < 1.29 is 0 Å². The summed E-state index contributed by atoms with van der Waals surface area (Å²) >= 11 is 3.52. The molecule has 0 fully saturated rings. The first-order valence-corrected chi connectivity index (χ1v) is 7.38. The first kappa shape index (κ1) is 15.2. The van der Waals surface area contributed by atoms with E-state index in [0.29, 0.717) is 0 Å². The summed E-state index contributed by atoms with van der Waals surface area (Å²) in [4.78, 5) is 0. The van der Waals surface area contributed by atoms with E-state index in [-0.39, 0.29) is 11.5 Å². The van der Waals surface area contributed by atoms with Crippen LogP contribution < -0.4 is 11.3 Å². The highest BCUT2D eigenvalue weighted by Gasteiger charge is 2.20. The minimum atomic E-state index is -0.0918. The first-order valence-electron chi connectivity index (χ1n) is 6.58. The molecule has 20 heavy (non-hydrogen) atoms. The van der Waals surface area contributed by atoms with Crippen LogP contribution in [0.5, 0.6) is 0 Å². The molecule has 0 spiro atoms. The average molecular weight is 337 g/mol. The van der Waals surface area contributed by atoms with Gasteiger partial charge in [-0.3, -0.25) is 10.5 Å². The SMILES string of the molecule is Cn1ncc(Br)c1C(NN)c1ccc(C(C)(C)C)cc1. The van der Waals surface area contributed by atoms with Crippen molar-refractivity contribution >= 4 is 15.9 Å². The van der Waals surface area contributed by atoms with Gasteiger partial charge in [0.1, 0.15) is 0 Å². The third-order valence-electron chi connectivity index (χ3n) is 3.49. The lowest BCUT2D eigenvalue weighted by molar-refractivity contribution is 0.569. The molecule has 1 aromatic carbocycles. The quantitative estimate of drug-likeness (QED) is 0.669. The van der Waals surface area contributed by atoms with E-state index in [4.69, 9.17) is 5.84 Å². The largest absolute Gasteiger partial charge is 0.271 e. The lowest BCUT2D eigenvalue weighted by Crippen LogP contribution is -2.30. The van der Waals surface area contributed by atoms with Crippen LogP contribution in [0.1, 0.15) is 43.6 Å². The van der Waals surface area contributed by atoms with Gasteiger partial charge in [0.15, 0.2) is 0 Å². The normalized spacial score (nSPS) is 13.5. The summed E-state index contributed by atoms with van der Waals surface area (Å²) in [7, 11) is 1.91. The zero-order valence-corrected chi connectivity index (χ0v) is 13.9. The van der Waals surface area contributed by atoms with E-state index in [2.05, 4.69) is 71.5 Å². The number of nitrogens with zero attached hydrogens (tertiary/aromatic N) is 2. The summed E-state index contributed by atoms with van der Waals surface area (Å²) in [6.45, 7) is 6.62. The monoisotopic (exact) mass is 336 g/mol. The molecule has 0 saturated heterocycles. The zero-order chi connectivity index (χ0) is 14.9. The van der Waals surface area contributed by atoms with Crippen molar-refractivity contribution in [3.63, 3.8) is 0 Å². The van der Waals surface area contributed by atoms with Gasteiger partial charge in [-0.2, -0.15) is 5.10 Å². The molecule has 0 amide bonds. The fourth-order valence-corrected chi connectivity index (χ4v) is 2.83. The predicted molar refractivity (Wildman–Crippen MR) is 85.2 cm³/mol. The van der Waals surface area contributed by atoms with Crippen LogP contribution in [0.3, 0.4) is 0 Å². The van der Waals surface area contributed by atoms with E-state index in [1.54, 1.807) is 6.20 Å². The molecule has 1 unspecified atom stereocenters. The van der Waals surface area contributed by atoms with Gasteiger partial charge in [0.25, 0.3) is 0 Å². The number of nitrogens with one attached hydrogen (secondary N) is 1. The molecular weight excluding hydrogens is 316 g/mol. The third kappa shape index (κ3) is 2.95. The van der Waals surface area contributed by atoms with E-state index in [0.717, 1.165) is 15.7 Å². The van der Waals surface area contributed by atoms with Crippen LogP contribution in [0.25, 0.3) is 0 Å². The molecule has 108 valence electrons. The Kier molecular flexibility index (Phi) is 4.32. The Morgan fingerprint density at radius 2 is 1.85 bits per heavy atom. The molecule has 4 nitrogen and oxygen atoms in total. The van der Waals surface area contributed by atoms with Crippen LogP contribution in [-0.4, -0.2) is 9.78 Å². The molecule has 0 saturated carbocycles. The van der Waals surface area contributed by atoms with Crippen molar-refractivity contribution in [3.05, 3.63) is 51.8 Å². The Morgan fingerprint density at radius 3 is 2.25 bits per heavy atom. The number of halogens is 1. The second kappa shape index (κ2) is 5.68. The van der Waals surface area contributed by atoms with Gasteiger partial charge in [-0.15, -0.1) is 0 Å². The molecule has 1 heterocycles. The predicted octanol–water partition coefficient (Wildman–Crippen LogP) is 3.03. The van der Waals surface area contributed by atoms with Gasteiger partial charge in [0.05, 0.1) is 22.4 Å². The van der Waals surface area contributed by atoms with E-state index >= 15 is 0 Å². The Hall–Kier alpha value is -1.17. The molecule has 0 radical (unpaired) electrons. The summed E-state index contributed by atoms with van der Waals surface area (Å²) < 4.78 is 2.77. The van der Waals surface area contributed by atoms with Gasteiger partial charge < -0.3 is 0 Å². The van der Waals surface area contributed by atoms with E-state index in [1.165, 1.54) is 5.56 Å². The highest BCUT2D eigenvalue weighted by molar-refractivity contribution is 9.10. The number of rotatable bonds is 3.